The van der Waals surface area contributed by atoms with E-state index in [4.69, 9.17) is 4.74 Å². The topological polar surface area (TPSA) is 59.1 Å². The minimum absolute atomic E-state index is 0.107. The second-order valence-corrected chi connectivity index (χ2v) is 5.09. The molecule has 1 saturated heterocycles. The van der Waals surface area contributed by atoms with Crippen molar-refractivity contribution < 1.29 is 17.9 Å². The van der Waals surface area contributed by atoms with Gasteiger partial charge in [-0.2, -0.15) is 13.2 Å². The number of halogens is 3. The van der Waals surface area contributed by atoms with Gasteiger partial charge in [0.25, 0.3) is 0 Å². The number of ether oxygens (including phenoxy) is 1. The van der Waals surface area contributed by atoms with Crippen molar-refractivity contribution in [3.63, 3.8) is 0 Å². The molecule has 8 heteroatoms. The molecule has 1 atom stereocenters. The van der Waals surface area contributed by atoms with Crippen molar-refractivity contribution in [3.05, 3.63) is 47.9 Å². The van der Waals surface area contributed by atoms with E-state index in [1.165, 1.54) is 0 Å². The zero-order valence-corrected chi connectivity index (χ0v) is 12.1. The van der Waals surface area contributed by atoms with E-state index in [0.29, 0.717) is 18.8 Å². The molecule has 2 aromatic heterocycles. The lowest BCUT2D eigenvalue weighted by Crippen LogP contribution is -2.33. The van der Waals surface area contributed by atoms with E-state index in [1.54, 1.807) is 18.3 Å². The first-order valence-corrected chi connectivity index (χ1v) is 7.11. The van der Waals surface area contributed by atoms with E-state index in [2.05, 4.69) is 20.6 Å². The summed E-state index contributed by atoms with van der Waals surface area (Å²) in [7, 11) is 0. The van der Waals surface area contributed by atoms with Crippen molar-refractivity contribution >= 4 is 11.5 Å². The standard InChI is InChI=1S/C15H15F3N4O/c16-15(17,18)10-3-4-20-14(7-10)22-11-1-2-12(21-8-11)13-9-19-5-6-23-13/h1-4,7-8,13,19H,5-6,9H2,(H,20,22). The number of aromatic nitrogens is 2. The average Bonchev–Trinajstić information content (AvgIpc) is 2.56. The average molecular weight is 324 g/mol. The normalized spacial score (nSPS) is 18.7. The number of morpholine rings is 1. The summed E-state index contributed by atoms with van der Waals surface area (Å²) in [6.45, 7) is 2.13. The van der Waals surface area contributed by atoms with Crippen LogP contribution in [0.4, 0.5) is 24.7 Å². The van der Waals surface area contributed by atoms with Gasteiger partial charge in [0.1, 0.15) is 11.9 Å². The Morgan fingerprint density at radius 1 is 1.22 bits per heavy atom. The Kier molecular flexibility index (Phi) is 4.44. The predicted molar refractivity (Wildman–Crippen MR) is 78.3 cm³/mol. The molecule has 23 heavy (non-hydrogen) atoms. The van der Waals surface area contributed by atoms with Crippen molar-refractivity contribution in [2.24, 2.45) is 0 Å². The molecule has 3 rings (SSSR count). The number of nitrogens with one attached hydrogen (secondary N) is 2. The molecule has 1 aliphatic rings. The molecule has 0 spiro atoms. The highest BCUT2D eigenvalue weighted by atomic mass is 19.4. The maximum Gasteiger partial charge on any atom is 0.416 e. The lowest BCUT2D eigenvalue weighted by molar-refractivity contribution is -0.137. The number of hydrogen-bond acceptors (Lipinski definition) is 5. The van der Waals surface area contributed by atoms with Crippen LogP contribution in [0.2, 0.25) is 0 Å². The molecule has 0 aliphatic carbocycles. The lowest BCUT2D eigenvalue weighted by atomic mass is 10.2. The number of pyridine rings is 2. The van der Waals surface area contributed by atoms with Crippen LogP contribution in [0.5, 0.6) is 0 Å². The molecule has 0 radical (unpaired) electrons. The molecule has 122 valence electrons. The number of rotatable bonds is 3. The monoisotopic (exact) mass is 324 g/mol. The summed E-state index contributed by atoms with van der Waals surface area (Å²) in [4.78, 5) is 8.18. The van der Waals surface area contributed by atoms with Crippen LogP contribution < -0.4 is 10.6 Å². The fourth-order valence-corrected chi connectivity index (χ4v) is 2.25. The molecule has 0 bridgehead atoms. The third-order valence-electron chi connectivity index (χ3n) is 3.40. The quantitative estimate of drug-likeness (QED) is 0.909. The van der Waals surface area contributed by atoms with E-state index in [-0.39, 0.29) is 11.9 Å². The second kappa shape index (κ2) is 6.51. The number of alkyl halides is 3. The first-order chi connectivity index (χ1) is 11.0. The molecular formula is C15H15F3N4O. The summed E-state index contributed by atoms with van der Waals surface area (Å²) in [6, 6.07) is 5.41. The highest BCUT2D eigenvalue weighted by Gasteiger charge is 2.30. The van der Waals surface area contributed by atoms with Gasteiger partial charge in [-0.1, -0.05) is 0 Å². The van der Waals surface area contributed by atoms with Crippen molar-refractivity contribution in [3.8, 4) is 0 Å². The van der Waals surface area contributed by atoms with Gasteiger partial charge in [0, 0.05) is 19.3 Å². The van der Waals surface area contributed by atoms with Crippen LogP contribution in [-0.4, -0.2) is 29.7 Å². The van der Waals surface area contributed by atoms with Crippen LogP contribution in [0.15, 0.2) is 36.7 Å². The largest absolute Gasteiger partial charge is 0.416 e. The molecule has 1 unspecified atom stereocenters. The van der Waals surface area contributed by atoms with E-state index < -0.39 is 11.7 Å². The van der Waals surface area contributed by atoms with Crippen LogP contribution in [0.3, 0.4) is 0 Å². The van der Waals surface area contributed by atoms with Crippen molar-refractivity contribution in [1.29, 1.82) is 0 Å². The van der Waals surface area contributed by atoms with Gasteiger partial charge in [-0.3, -0.25) is 4.98 Å². The highest BCUT2D eigenvalue weighted by molar-refractivity contribution is 5.55. The van der Waals surface area contributed by atoms with Crippen LogP contribution in [-0.2, 0) is 10.9 Å². The molecule has 3 heterocycles. The third kappa shape index (κ3) is 3.96. The fourth-order valence-electron chi connectivity index (χ4n) is 2.25. The lowest BCUT2D eigenvalue weighted by Gasteiger charge is -2.23. The van der Waals surface area contributed by atoms with E-state index in [1.807, 2.05) is 0 Å². The summed E-state index contributed by atoms with van der Waals surface area (Å²) < 4.78 is 43.6. The molecule has 5 nitrogen and oxygen atoms in total. The molecular weight excluding hydrogens is 309 g/mol. The Morgan fingerprint density at radius 3 is 2.74 bits per heavy atom. The van der Waals surface area contributed by atoms with Gasteiger partial charge in [0.2, 0.25) is 0 Å². The van der Waals surface area contributed by atoms with Crippen molar-refractivity contribution in [2.45, 2.75) is 12.3 Å². The van der Waals surface area contributed by atoms with Gasteiger partial charge in [-0.15, -0.1) is 0 Å². The maximum absolute atomic E-state index is 12.7. The Bertz CT molecular complexity index is 655. The minimum atomic E-state index is -4.40. The van der Waals surface area contributed by atoms with Crippen LogP contribution in [0, 0.1) is 0 Å². The predicted octanol–water partition coefficient (Wildman–Crippen LogP) is 2.90. The van der Waals surface area contributed by atoms with Gasteiger partial charge in [-0.05, 0) is 24.3 Å². The summed E-state index contributed by atoms with van der Waals surface area (Å²) in [5.74, 6) is 0.116. The van der Waals surface area contributed by atoms with Gasteiger partial charge < -0.3 is 15.4 Å². The Hall–Kier alpha value is -2.19. The van der Waals surface area contributed by atoms with Crippen molar-refractivity contribution in [1.82, 2.24) is 15.3 Å². The van der Waals surface area contributed by atoms with E-state index in [9.17, 15) is 13.2 Å². The third-order valence-corrected chi connectivity index (χ3v) is 3.40. The Morgan fingerprint density at radius 2 is 2.09 bits per heavy atom. The molecule has 2 aromatic rings. The molecule has 0 amide bonds. The van der Waals surface area contributed by atoms with Gasteiger partial charge in [-0.25, -0.2) is 4.98 Å². The van der Waals surface area contributed by atoms with Crippen LogP contribution in [0.1, 0.15) is 17.4 Å². The van der Waals surface area contributed by atoms with Crippen molar-refractivity contribution in [2.75, 3.05) is 25.0 Å². The number of nitrogens with zero attached hydrogens (tertiary/aromatic N) is 2. The zero-order valence-electron chi connectivity index (χ0n) is 12.1. The maximum atomic E-state index is 12.7. The zero-order chi connectivity index (χ0) is 16.3. The second-order valence-electron chi connectivity index (χ2n) is 5.09. The molecule has 1 aliphatic heterocycles. The summed E-state index contributed by atoms with van der Waals surface area (Å²) in [6.07, 6.45) is -1.83. The Balaban J connectivity index is 1.71. The summed E-state index contributed by atoms with van der Waals surface area (Å²) in [5, 5.41) is 6.03. The fraction of sp³-hybridized carbons (Fsp3) is 0.333. The van der Waals surface area contributed by atoms with E-state index >= 15 is 0 Å². The first-order valence-electron chi connectivity index (χ1n) is 7.11. The number of hydrogen-bond donors (Lipinski definition) is 2. The smallest absolute Gasteiger partial charge is 0.369 e. The molecule has 1 fully saturated rings. The first kappa shape index (κ1) is 15.7. The van der Waals surface area contributed by atoms with Crippen LogP contribution in [0.25, 0.3) is 0 Å². The molecule has 0 aromatic carbocycles. The highest BCUT2D eigenvalue weighted by Crippen LogP contribution is 2.30. The van der Waals surface area contributed by atoms with E-state index in [0.717, 1.165) is 30.6 Å². The summed E-state index contributed by atoms with van der Waals surface area (Å²) >= 11 is 0. The SMILES string of the molecule is FC(F)(F)c1ccnc(Nc2ccc(C3CNCCO3)nc2)c1. The molecule has 2 N–H and O–H groups in total. The van der Waals surface area contributed by atoms with Gasteiger partial charge in [0.05, 0.1) is 29.7 Å². The van der Waals surface area contributed by atoms with Crippen LogP contribution >= 0.6 is 0 Å². The number of anilines is 2. The summed E-state index contributed by atoms with van der Waals surface area (Å²) in [5.41, 5.74) is 0.588. The van der Waals surface area contributed by atoms with Gasteiger partial charge in [0.15, 0.2) is 0 Å². The Labute approximate surface area is 130 Å². The minimum Gasteiger partial charge on any atom is -0.369 e. The van der Waals surface area contributed by atoms with Gasteiger partial charge >= 0.3 is 6.18 Å². The molecule has 0 saturated carbocycles.